The van der Waals surface area contributed by atoms with E-state index in [9.17, 15) is 0 Å². The van der Waals surface area contributed by atoms with Crippen molar-refractivity contribution in [3.8, 4) is 5.75 Å². The summed E-state index contributed by atoms with van der Waals surface area (Å²) >= 11 is 0. The Kier molecular flexibility index (Phi) is 5.12. The molecule has 0 aliphatic carbocycles. The van der Waals surface area contributed by atoms with Crippen LogP contribution in [-0.4, -0.2) is 25.2 Å². The van der Waals surface area contributed by atoms with Crippen LogP contribution in [0.4, 0.5) is 0 Å². The maximum absolute atomic E-state index is 5.26. The van der Waals surface area contributed by atoms with Gasteiger partial charge in [-0.2, -0.15) is 0 Å². The highest BCUT2D eigenvalue weighted by atomic mass is 16.5. The summed E-state index contributed by atoms with van der Waals surface area (Å²) in [5.74, 6) is 0.892. The highest BCUT2D eigenvalue weighted by molar-refractivity contribution is 5.26. The summed E-state index contributed by atoms with van der Waals surface area (Å²) in [4.78, 5) is 4.34. The number of aryl methyl sites for hydroxylation is 1. The Hall–Kier alpha value is -1.09. The van der Waals surface area contributed by atoms with Crippen LogP contribution >= 0.6 is 0 Å². The zero-order chi connectivity index (χ0) is 11.1. The predicted molar refractivity (Wildman–Crippen MR) is 62.2 cm³/mol. The molecule has 1 N–H and O–H groups in total. The lowest BCUT2D eigenvalue weighted by Gasteiger charge is -2.14. The average Bonchev–Trinajstić information content (AvgIpc) is 2.31. The molecule has 1 rings (SSSR count). The first-order chi connectivity index (χ1) is 7.31. The quantitative estimate of drug-likeness (QED) is 0.776. The molecule has 0 radical (unpaired) electrons. The van der Waals surface area contributed by atoms with Gasteiger partial charge in [0.25, 0.3) is 0 Å². The van der Waals surface area contributed by atoms with Crippen LogP contribution in [-0.2, 0) is 6.42 Å². The van der Waals surface area contributed by atoms with E-state index in [0.29, 0.717) is 6.04 Å². The fourth-order valence-corrected chi connectivity index (χ4v) is 1.66. The van der Waals surface area contributed by atoms with Gasteiger partial charge in [-0.3, -0.25) is 4.98 Å². The van der Waals surface area contributed by atoms with E-state index in [1.807, 2.05) is 25.4 Å². The average molecular weight is 208 g/mol. The van der Waals surface area contributed by atoms with Crippen molar-refractivity contribution in [2.75, 3.05) is 14.2 Å². The summed E-state index contributed by atoms with van der Waals surface area (Å²) in [6, 6.07) is 4.43. The number of ether oxygens (including phenoxy) is 1. The van der Waals surface area contributed by atoms with Gasteiger partial charge in [0.15, 0.2) is 0 Å². The van der Waals surface area contributed by atoms with Crippen molar-refractivity contribution < 1.29 is 4.74 Å². The molecule has 0 saturated heterocycles. The first-order valence-corrected chi connectivity index (χ1v) is 5.47. The summed E-state index contributed by atoms with van der Waals surface area (Å²) in [6.45, 7) is 2.19. The Labute approximate surface area is 91.9 Å². The van der Waals surface area contributed by atoms with Gasteiger partial charge in [-0.05, 0) is 38.4 Å². The van der Waals surface area contributed by atoms with Crippen LogP contribution in [0, 0.1) is 0 Å². The minimum absolute atomic E-state index is 0.566. The molecule has 0 bridgehead atoms. The molecule has 0 aliphatic heterocycles. The molecule has 1 heterocycles. The van der Waals surface area contributed by atoms with Crippen molar-refractivity contribution in [2.24, 2.45) is 0 Å². The molecule has 0 saturated carbocycles. The molecule has 0 aromatic carbocycles. The Balaban J connectivity index is 2.56. The van der Waals surface area contributed by atoms with E-state index in [1.165, 1.54) is 0 Å². The molecule has 0 aliphatic rings. The lowest BCUT2D eigenvalue weighted by atomic mass is 10.1. The number of methoxy groups -OCH3 is 1. The van der Waals surface area contributed by atoms with E-state index in [1.54, 1.807) is 7.11 Å². The van der Waals surface area contributed by atoms with E-state index >= 15 is 0 Å². The predicted octanol–water partition coefficient (Wildman–Crippen LogP) is 2.02. The van der Waals surface area contributed by atoms with Crippen molar-refractivity contribution in [1.29, 1.82) is 0 Å². The van der Waals surface area contributed by atoms with Gasteiger partial charge < -0.3 is 10.1 Å². The topological polar surface area (TPSA) is 34.1 Å². The third kappa shape index (κ3) is 3.51. The van der Waals surface area contributed by atoms with Gasteiger partial charge >= 0.3 is 0 Å². The highest BCUT2D eigenvalue weighted by Crippen LogP contribution is 2.17. The molecule has 1 aromatic heterocycles. The molecule has 3 heteroatoms. The third-order valence-corrected chi connectivity index (χ3v) is 2.70. The van der Waals surface area contributed by atoms with E-state index in [4.69, 9.17) is 4.74 Å². The first kappa shape index (κ1) is 12.0. The second kappa shape index (κ2) is 6.40. The minimum atomic E-state index is 0.566. The largest absolute Gasteiger partial charge is 0.495 e. The maximum atomic E-state index is 5.26. The molecule has 0 amide bonds. The van der Waals surface area contributed by atoms with E-state index in [2.05, 4.69) is 17.2 Å². The Morgan fingerprint density at radius 1 is 1.53 bits per heavy atom. The third-order valence-electron chi connectivity index (χ3n) is 2.70. The van der Waals surface area contributed by atoms with Gasteiger partial charge in [0.05, 0.1) is 12.8 Å². The highest BCUT2D eigenvalue weighted by Gasteiger charge is 2.07. The number of pyridine rings is 1. The number of nitrogens with one attached hydrogen (secondary N) is 1. The molecule has 1 unspecified atom stereocenters. The summed E-state index contributed by atoms with van der Waals surface area (Å²) in [6.07, 6.45) is 5.02. The normalized spacial score (nSPS) is 12.5. The standard InChI is InChI=1S/C12H20N2O/c1-4-10(13-2)7-8-11-12(15-3)6-5-9-14-11/h5-6,9-10,13H,4,7-8H2,1-3H3. The molecule has 84 valence electrons. The van der Waals surface area contributed by atoms with E-state index in [-0.39, 0.29) is 0 Å². The number of nitrogens with zero attached hydrogens (tertiary/aromatic N) is 1. The molecular weight excluding hydrogens is 188 g/mol. The van der Waals surface area contributed by atoms with Gasteiger partial charge in [0.1, 0.15) is 5.75 Å². The monoisotopic (exact) mass is 208 g/mol. The number of hydrogen-bond donors (Lipinski definition) is 1. The van der Waals surface area contributed by atoms with Gasteiger partial charge in [-0.25, -0.2) is 0 Å². The summed E-state index contributed by atoms with van der Waals surface area (Å²) in [5.41, 5.74) is 1.05. The van der Waals surface area contributed by atoms with Gasteiger partial charge in [-0.1, -0.05) is 6.92 Å². The van der Waals surface area contributed by atoms with Crippen LogP contribution in [0.15, 0.2) is 18.3 Å². The molecule has 0 fully saturated rings. The lowest BCUT2D eigenvalue weighted by Crippen LogP contribution is -2.24. The van der Waals surface area contributed by atoms with Crippen molar-refractivity contribution in [2.45, 2.75) is 32.2 Å². The van der Waals surface area contributed by atoms with Crippen LogP contribution in [0.1, 0.15) is 25.5 Å². The molecule has 0 spiro atoms. The Bertz CT molecular complexity index is 285. The van der Waals surface area contributed by atoms with Crippen LogP contribution in [0.3, 0.4) is 0 Å². The van der Waals surface area contributed by atoms with Crippen LogP contribution in [0.25, 0.3) is 0 Å². The van der Waals surface area contributed by atoms with Gasteiger partial charge in [0.2, 0.25) is 0 Å². The fraction of sp³-hybridized carbons (Fsp3) is 0.583. The Morgan fingerprint density at radius 2 is 2.33 bits per heavy atom. The number of aromatic nitrogens is 1. The Morgan fingerprint density at radius 3 is 2.93 bits per heavy atom. The van der Waals surface area contributed by atoms with Crippen molar-refractivity contribution in [3.05, 3.63) is 24.0 Å². The molecular formula is C12H20N2O. The minimum Gasteiger partial charge on any atom is -0.495 e. The van der Waals surface area contributed by atoms with Gasteiger partial charge in [0, 0.05) is 12.2 Å². The van der Waals surface area contributed by atoms with Crippen LogP contribution < -0.4 is 10.1 Å². The zero-order valence-corrected chi connectivity index (χ0v) is 9.79. The van der Waals surface area contributed by atoms with Crippen molar-refractivity contribution in [3.63, 3.8) is 0 Å². The second-order valence-corrected chi connectivity index (χ2v) is 3.58. The second-order valence-electron chi connectivity index (χ2n) is 3.58. The fourth-order valence-electron chi connectivity index (χ4n) is 1.66. The summed E-state index contributed by atoms with van der Waals surface area (Å²) < 4.78 is 5.26. The molecule has 3 nitrogen and oxygen atoms in total. The van der Waals surface area contributed by atoms with E-state index in [0.717, 1.165) is 30.7 Å². The maximum Gasteiger partial charge on any atom is 0.140 e. The molecule has 1 aromatic rings. The number of hydrogen-bond acceptors (Lipinski definition) is 3. The smallest absolute Gasteiger partial charge is 0.140 e. The van der Waals surface area contributed by atoms with Crippen LogP contribution in [0.5, 0.6) is 5.75 Å². The summed E-state index contributed by atoms with van der Waals surface area (Å²) in [5, 5.41) is 3.29. The number of rotatable bonds is 6. The summed E-state index contributed by atoms with van der Waals surface area (Å²) in [7, 11) is 3.69. The van der Waals surface area contributed by atoms with E-state index < -0.39 is 0 Å². The van der Waals surface area contributed by atoms with Gasteiger partial charge in [-0.15, -0.1) is 0 Å². The van der Waals surface area contributed by atoms with Crippen LogP contribution in [0.2, 0.25) is 0 Å². The molecule has 15 heavy (non-hydrogen) atoms. The lowest BCUT2D eigenvalue weighted by molar-refractivity contribution is 0.403. The first-order valence-electron chi connectivity index (χ1n) is 5.47. The van der Waals surface area contributed by atoms with Crippen molar-refractivity contribution >= 4 is 0 Å². The van der Waals surface area contributed by atoms with Crippen molar-refractivity contribution in [1.82, 2.24) is 10.3 Å². The SMILES string of the molecule is CCC(CCc1ncccc1OC)NC. The molecule has 1 atom stereocenters. The zero-order valence-electron chi connectivity index (χ0n) is 9.79.